The van der Waals surface area contributed by atoms with Crippen molar-refractivity contribution < 1.29 is 24.1 Å². The van der Waals surface area contributed by atoms with E-state index in [9.17, 15) is 9.90 Å². The average molecular weight is 457 g/mol. The van der Waals surface area contributed by atoms with Gasteiger partial charge in [0.15, 0.2) is 23.0 Å². The summed E-state index contributed by atoms with van der Waals surface area (Å²) in [5, 5.41) is 9.89. The van der Waals surface area contributed by atoms with E-state index >= 15 is 0 Å². The van der Waals surface area contributed by atoms with Gasteiger partial charge in [0.1, 0.15) is 0 Å². The van der Waals surface area contributed by atoms with Gasteiger partial charge in [0.05, 0.1) is 20.8 Å². The van der Waals surface area contributed by atoms with Crippen LogP contribution in [0.1, 0.15) is 30.9 Å². The summed E-state index contributed by atoms with van der Waals surface area (Å²) in [7, 11) is 5.14. The van der Waals surface area contributed by atoms with Crippen LogP contribution in [0.2, 0.25) is 0 Å². The van der Waals surface area contributed by atoms with E-state index in [2.05, 4.69) is 4.90 Å². The number of nitrogens with zero attached hydrogens (tertiary/aromatic N) is 2. The molecule has 1 heterocycles. The fourth-order valence-corrected chi connectivity index (χ4v) is 4.28. The van der Waals surface area contributed by atoms with Crippen LogP contribution in [-0.4, -0.2) is 68.3 Å². The summed E-state index contributed by atoms with van der Waals surface area (Å²) in [5.74, 6) is 2.39. The molecule has 33 heavy (non-hydrogen) atoms. The predicted octanol–water partition coefficient (Wildman–Crippen LogP) is 3.72. The smallest absolute Gasteiger partial charge is 0.225 e. The molecule has 0 aromatic heterocycles. The Hall–Kier alpha value is -2.93. The molecule has 0 radical (unpaired) electrons. The Morgan fingerprint density at radius 1 is 1.03 bits per heavy atom. The summed E-state index contributed by atoms with van der Waals surface area (Å²) in [6.07, 6.45) is 2.48. The number of benzene rings is 2. The number of likely N-dealkylation sites (N-methyl/N-ethyl adjacent to an activating group) is 1. The normalized spacial score (nSPS) is 14.7. The summed E-state index contributed by atoms with van der Waals surface area (Å²) >= 11 is 0. The second-order valence-electron chi connectivity index (χ2n) is 8.48. The summed E-state index contributed by atoms with van der Waals surface area (Å²) in [6, 6.07) is 11.4. The number of aromatic hydroxyl groups is 1. The molecule has 1 aliphatic rings. The lowest BCUT2D eigenvalue weighted by Gasteiger charge is -2.33. The molecule has 1 N–H and O–H groups in total. The minimum Gasteiger partial charge on any atom is -0.504 e. The highest BCUT2D eigenvalue weighted by molar-refractivity contribution is 5.78. The van der Waals surface area contributed by atoms with E-state index in [1.165, 1.54) is 0 Å². The number of phenolic OH excluding ortho intramolecular Hbond substituents is 1. The number of hydrogen-bond donors (Lipinski definition) is 1. The number of piperidine rings is 1. The first-order valence-electron chi connectivity index (χ1n) is 11.6. The topological polar surface area (TPSA) is 71.5 Å². The van der Waals surface area contributed by atoms with Crippen molar-refractivity contribution in [2.24, 2.45) is 5.92 Å². The highest BCUT2D eigenvalue weighted by Crippen LogP contribution is 2.29. The van der Waals surface area contributed by atoms with E-state index in [-0.39, 0.29) is 17.6 Å². The Balaban J connectivity index is 1.47. The number of amides is 1. The maximum atomic E-state index is 13.0. The molecule has 1 fully saturated rings. The van der Waals surface area contributed by atoms with Gasteiger partial charge in [0.2, 0.25) is 5.91 Å². The third-order valence-corrected chi connectivity index (χ3v) is 6.23. The van der Waals surface area contributed by atoms with Crippen LogP contribution < -0.4 is 14.2 Å². The molecule has 2 aromatic carbocycles. The molecule has 2 aromatic rings. The lowest BCUT2D eigenvalue weighted by molar-refractivity contribution is -0.135. The molecule has 3 rings (SSSR count). The van der Waals surface area contributed by atoms with Gasteiger partial charge in [-0.3, -0.25) is 9.69 Å². The number of carbonyl (C=O) groups is 1. The first kappa shape index (κ1) is 24.7. The van der Waals surface area contributed by atoms with E-state index in [0.29, 0.717) is 30.4 Å². The van der Waals surface area contributed by atoms with Crippen LogP contribution in [-0.2, 0) is 17.8 Å². The Labute approximate surface area is 196 Å². The maximum Gasteiger partial charge on any atom is 0.225 e. The molecule has 1 amide bonds. The van der Waals surface area contributed by atoms with Gasteiger partial charge >= 0.3 is 0 Å². The van der Waals surface area contributed by atoms with E-state index in [1.54, 1.807) is 20.3 Å². The molecular weight excluding hydrogens is 420 g/mol. The minimum absolute atomic E-state index is 0.0652. The fraction of sp³-hybridized carbons (Fsp3) is 0.500. The fourth-order valence-electron chi connectivity index (χ4n) is 4.28. The van der Waals surface area contributed by atoms with E-state index in [1.807, 2.05) is 49.2 Å². The molecule has 0 aliphatic carbocycles. The van der Waals surface area contributed by atoms with Gasteiger partial charge in [-0.1, -0.05) is 12.1 Å². The Morgan fingerprint density at radius 3 is 2.36 bits per heavy atom. The second kappa shape index (κ2) is 11.8. The van der Waals surface area contributed by atoms with Crippen LogP contribution in [0.4, 0.5) is 0 Å². The van der Waals surface area contributed by atoms with E-state index in [4.69, 9.17) is 14.2 Å². The number of hydrogen-bond acceptors (Lipinski definition) is 6. The first-order valence-corrected chi connectivity index (χ1v) is 11.6. The van der Waals surface area contributed by atoms with Crippen molar-refractivity contribution in [2.75, 3.05) is 47.5 Å². The summed E-state index contributed by atoms with van der Waals surface area (Å²) in [5.41, 5.74) is 2.22. The lowest BCUT2D eigenvalue weighted by atomic mass is 9.95. The van der Waals surface area contributed by atoms with Crippen molar-refractivity contribution in [1.29, 1.82) is 0 Å². The number of methoxy groups -OCH3 is 2. The van der Waals surface area contributed by atoms with E-state index in [0.717, 1.165) is 50.0 Å². The molecule has 0 spiro atoms. The third-order valence-electron chi connectivity index (χ3n) is 6.23. The average Bonchev–Trinajstić information content (AvgIpc) is 2.84. The molecule has 0 bridgehead atoms. The van der Waals surface area contributed by atoms with Gasteiger partial charge in [0, 0.05) is 26.1 Å². The highest BCUT2D eigenvalue weighted by atomic mass is 16.5. The monoisotopic (exact) mass is 456 g/mol. The summed E-state index contributed by atoms with van der Waals surface area (Å²) < 4.78 is 16.2. The van der Waals surface area contributed by atoms with Crippen LogP contribution in [0.15, 0.2) is 36.4 Å². The van der Waals surface area contributed by atoms with Crippen LogP contribution in [0.25, 0.3) is 0 Å². The molecule has 0 unspecified atom stereocenters. The van der Waals surface area contributed by atoms with E-state index < -0.39 is 0 Å². The Kier molecular flexibility index (Phi) is 8.83. The van der Waals surface area contributed by atoms with Crippen LogP contribution in [0, 0.1) is 5.92 Å². The SMILES string of the molecule is CCOc1cc(CN2CCC(C(=O)N(C)CCc3ccc(OC)c(OC)c3)CC2)ccc1O. The van der Waals surface area contributed by atoms with Gasteiger partial charge < -0.3 is 24.2 Å². The molecule has 7 nitrogen and oxygen atoms in total. The molecule has 180 valence electrons. The summed E-state index contributed by atoms with van der Waals surface area (Å²) in [6.45, 7) is 5.64. The quantitative estimate of drug-likeness (QED) is 0.588. The molecule has 1 aliphatic heterocycles. The molecule has 0 atom stereocenters. The van der Waals surface area contributed by atoms with Crippen molar-refractivity contribution in [3.8, 4) is 23.0 Å². The second-order valence-corrected chi connectivity index (χ2v) is 8.48. The zero-order chi connectivity index (χ0) is 23.8. The zero-order valence-electron chi connectivity index (χ0n) is 20.2. The zero-order valence-corrected chi connectivity index (χ0v) is 20.2. The minimum atomic E-state index is 0.0652. The number of ether oxygens (including phenoxy) is 3. The van der Waals surface area contributed by atoms with Gasteiger partial charge in [0.25, 0.3) is 0 Å². The Bertz CT molecular complexity index is 925. The predicted molar refractivity (Wildman–Crippen MR) is 128 cm³/mol. The Morgan fingerprint density at radius 2 is 1.70 bits per heavy atom. The van der Waals surface area contributed by atoms with Crippen molar-refractivity contribution in [3.63, 3.8) is 0 Å². The van der Waals surface area contributed by atoms with Crippen molar-refractivity contribution in [1.82, 2.24) is 9.80 Å². The summed E-state index contributed by atoms with van der Waals surface area (Å²) in [4.78, 5) is 17.2. The number of likely N-dealkylation sites (tertiary alicyclic amines) is 1. The van der Waals surface area contributed by atoms with Gasteiger partial charge in [-0.25, -0.2) is 0 Å². The lowest BCUT2D eigenvalue weighted by Crippen LogP contribution is -2.41. The first-order chi connectivity index (χ1) is 15.9. The molecule has 1 saturated heterocycles. The standard InChI is InChI=1S/C26H36N2O5/c1-5-33-24-17-20(6-8-22(24)29)18-28-14-11-21(12-15-28)26(30)27(2)13-10-19-7-9-23(31-3)25(16-19)32-4/h6-9,16-17,21,29H,5,10-15,18H2,1-4H3. The van der Waals surface area contributed by atoms with Crippen LogP contribution >= 0.6 is 0 Å². The van der Waals surface area contributed by atoms with Gasteiger partial charge in [-0.2, -0.15) is 0 Å². The number of carbonyl (C=O) groups excluding carboxylic acids is 1. The number of phenols is 1. The van der Waals surface area contributed by atoms with Crippen molar-refractivity contribution in [3.05, 3.63) is 47.5 Å². The maximum absolute atomic E-state index is 13.0. The molecular formula is C26H36N2O5. The van der Waals surface area contributed by atoms with Crippen molar-refractivity contribution in [2.45, 2.75) is 32.7 Å². The van der Waals surface area contributed by atoms with Gasteiger partial charge in [-0.15, -0.1) is 0 Å². The van der Waals surface area contributed by atoms with Crippen molar-refractivity contribution >= 4 is 5.91 Å². The van der Waals surface area contributed by atoms with Crippen LogP contribution in [0.5, 0.6) is 23.0 Å². The van der Waals surface area contributed by atoms with Crippen LogP contribution in [0.3, 0.4) is 0 Å². The highest BCUT2D eigenvalue weighted by Gasteiger charge is 2.27. The third kappa shape index (κ3) is 6.54. The largest absolute Gasteiger partial charge is 0.504 e. The number of rotatable bonds is 10. The molecule has 0 saturated carbocycles. The van der Waals surface area contributed by atoms with Gasteiger partial charge in [-0.05, 0) is 74.7 Å². The molecule has 7 heteroatoms.